The van der Waals surface area contributed by atoms with Crippen molar-refractivity contribution in [3.8, 4) is 5.75 Å². The highest BCUT2D eigenvalue weighted by atomic mass is 19.1. The van der Waals surface area contributed by atoms with Crippen LogP contribution in [-0.2, 0) is 6.54 Å². The van der Waals surface area contributed by atoms with Gasteiger partial charge in [-0.1, -0.05) is 12.5 Å². The summed E-state index contributed by atoms with van der Waals surface area (Å²) in [6.07, 6.45) is 6.27. The number of piperidine rings is 2. The van der Waals surface area contributed by atoms with Crippen LogP contribution in [0.1, 0.15) is 51.5 Å². The van der Waals surface area contributed by atoms with Crippen LogP contribution in [0.5, 0.6) is 5.75 Å². The lowest BCUT2D eigenvalue weighted by Gasteiger charge is -2.47. The molecular weight excluding hydrogens is 343 g/mol. The van der Waals surface area contributed by atoms with E-state index in [9.17, 15) is 4.39 Å². The molecule has 2 heterocycles. The summed E-state index contributed by atoms with van der Waals surface area (Å²) < 4.78 is 19.3. The van der Waals surface area contributed by atoms with Crippen molar-refractivity contribution in [2.24, 2.45) is 4.99 Å². The number of guanidine groups is 1. The summed E-state index contributed by atoms with van der Waals surface area (Å²) in [5, 5.41) is 6.95. The molecule has 2 aliphatic rings. The first kappa shape index (κ1) is 19.9. The number of aliphatic imine (C=N–C) groups is 1. The van der Waals surface area contributed by atoms with E-state index < -0.39 is 0 Å². The minimum Gasteiger partial charge on any atom is -0.491 e. The Bertz CT molecular complexity index is 637. The van der Waals surface area contributed by atoms with Crippen LogP contribution >= 0.6 is 0 Å². The largest absolute Gasteiger partial charge is 0.491 e. The molecule has 27 heavy (non-hydrogen) atoms. The molecule has 2 aliphatic heterocycles. The van der Waals surface area contributed by atoms with Gasteiger partial charge in [-0.2, -0.15) is 0 Å². The molecule has 2 atom stereocenters. The zero-order valence-electron chi connectivity index (χ0n) is 16.8. The van der Waals surface area contributed by atoms with Crippen LogP contribution in [0.25, 0.3) is 0 Å². The molecule has 1 aromatic carbocycles. The predicted molar refractivity (Wildman–Crippen MR) is 108 cm³/mol. The summed E-state index contributed by atoms with van der Waals surface area (Å²) in [4.78, 5) is 7.24. The maximum Gasteiger partial charge on any atom is 0.191 e. The van der Waals surface area contributed by atoms with Gasteiger partial charge in [-0.3, -0.25) is 0 Å². The van der Waals surface area contributed by atoms with Crippen LogP contribution in [-0.4, -0.2) is 49.2 Å². The van der Waals surface area contributed by atoms with Crippen molar-refractivity contribution in [1.29, 1.82) is 0 Å². The number of benzene rings is 1. The first-order valence-corrected chi connectivity index (χ1v) is 10.3. The van der Waals surface area contributed by atoms with E-state index >= 15 is 0 Å². The van der Waals surface area contributed by atoms with Gasteiger partial charge in [0.1, 0.15) is 0 Å². The molecule has 2 bridgehead atoms. The van der Waals surface area contributed by atoms with Crippen molar-refractivity contribution < 1.29 is 9.13 Å². The monoisotopic (exact) mass is 376 g/mol. The Morgan fingerprint density at radius 2 is 2.00 bits per heavy atom. The van der Waals surface area contributed by atoms with E-state index in [0.29, 0.717) is 37.0 Å². The summed E-state index contributed by atoms with van der Waals surface area (Å²) in [7, 11) is 2.27. The van der Waals surface area contributed by atoms with E-state index in [2.05, 4.69) is 34.5 Å². The third kappa shape index (κ3) is 5.12. The number of nitrogens with one attached hydrogen (secondary N) is 2. The summed E-state index contributed by atoms with van der Waals surface area (Å²) >= 11 is 0. The van der Waals surface area contributed by atoms with Gasteiger partial charge in [0, 0.05) is 24.7 Å². The van der Waals surface area contributed by atoms with E-state index in [1.807, 2.05) is 13.0 Å². The van der Waals surface area contributed by atoms with Crippen LogP contribution in [0, 0.1) is 5.82 Å². The van der Waals surface area contributed by atoms with Crippen molar-refractivity contribution in [2.45, 2.75) is 70.6 Å². The standard InChI is InChI=1S/C21H33FN4O/c1-4-23-21(24-14-15-9-10-20(27-5-2)19(22)11-15)25-16-12-17-7-6-8-18(13-16)26(17)3/h9-11,16-18H,4-8,12-14H2,1-3H3,(H2,23,24,25). The second kappa shape index (κ2) is 9.40. The molecule has 0 saturated carbocycles. The molecule has 150 valence electrons. The molecule has 0 amide bonds. The van der Waals surface area contributed by atoms with E-state index in [4.69, 9.17) is 4.74 Å². The van der Waals surface area contributed by atoms with Crippen molar-refractivity contribution in [3.05, 3.63) is 29.6 Å². The Morgan fingerprint density at radius 3 is 2.63 bits per heavy atom. The van der Waals surface area contributed by atoms with Crippen molar-refractivity contribution in [2.75, 3.05) is 20.2 Å². The van der Waals surface area contributed by atoms with Crippen LogP contribution in [0.2, 0.25) is 0 Å². The Labute approximate surface area is 162 Å². The van der Waals surface area contributed by atoms with Crippen molar-refractivity contribution in [1.82, 2.24) is 15.5 Å². The fourth-order valence-electron chi connectivity index (χ4n) is 4.33. The molecule has 2 fully saturated rings. The number of rotatable bonds is 6. The zero-order valence-corrected chi connectivity index (χ0v) is 16.8. The fraction of sp³-hybridized carbons (Fsp3) is 0.667. The zero-order chi connectivity index (χ0) is 19.2. The highest BCUT2D eigenvalue weighted by molar-refractivity contribution is 5.80. The maximum atomic E-state index is 14.0. The lowest BCUT2D eigenvalue weighted by Crippen LogP contribution is -2.56. The van der Waals surface area contributed by atoms with Crippen molar-refractivity contribution >= 4 is 5.96 Å². The van der Waals surface area contributed by atoms with Gasteiger partial charge < -0.3 is 20.3 Å². The maximum absolute atomic E-state index is 14.0. The smallest absolute Gasteiger partial charge is 0.191 e. The molecule has 0 aromatic heterocycles. The van der Waals surface area contributed by atoms with Gasteiger partial charge in [0.05, 0.1) is 13.2 Å². The van der Waals surface area contributed by atoms with Gasteiger partial charge in [-0.25, -0.2) is 9.38 Å². The minimum atomic E-state index is -0.328. The third-order valence-electron chi connectivity index (χ3n) is 5.74. The molecular formula is C21H33FN4O. The summed E-state index contributed by atoms with van der Waals surface area (Å²) in [5.41, 5.74) is 0.841. The van der Waals surface area contributed by atoms with E-state index in [0.717, 1.165) is 30.9 Å². The number of fused-ring (bicyclic) bond motifs is 2. The van der Waals surface area contributed by atoms with Crippen molar-refractivity contribution in [3.63, 3.8) is 0 Å². The highest BCUT2D eigenvalue weighted by Gasteiger charge is 2.36. The molecule has 0 spiro atoms. The molecule has 2 N–H and O–H groups in total. The van der Waals surface area contributed by atoms with Gasteiger partial charge in [-0.05, 0) is 64.3 Å². The molecule has 2 unspecified atom stereocenters. The van der Waals surface area contributed by atoms with E-state index in [1.165, 1.54) is 25.3 Å². The van der Waals surface area contributed by atoms with Gasteiger partial charge in [-0.15, -0.1) is 0 Å². The van der Waals surface area contributed by atoms with E-state index in [-0.39, 0.29) is 5.82 Å². The lowest BCUT2D eigenvalue weighted by molar-refractivity contribution is 0.0526. The molecule has 1 aromatic rings. The Hall–Kier alpha value is -1.82. The molecule has 0 aliphatic carbocycles. The Balaban J connectivity index is 1.62. The quantitative estimate of drug-likeness (QED) is 0.591. The van der Waals surface area contributed by atoms with E-state index in [1.54, 1.807) is 6.07 Å². The second-order valence-electron chi connectivity index (χ2n) is 7.61. The highest BCUT2D eigenvalue weighted by Crippen LogP contribution is 2.32. The van der Waals surface area contributed by atoms with Gasteiger partial charge >= 0.3 is 0 Å². The Morgan fingerprint density at radius 1 is 1.26 bits per heavy atom. The lowest BCUT2D eigenvalue weighted by atomic mass is 9.82. The minimum absolute atomic E-state index is 0.299. The topological polar surface area (TPSA) is 48.9 Å². The summed E-state index contributed by atoms with van der Waals surface area (Å²) in [5.74, 6) is 0.790. The number of nitrogens with zero attached hydrogens (tertiary/aromatic N) is 2. The van der Waals surface area contributed by atoms with Crippen LogP contribution in [0.4, 0.5) is 4.39 Å². The molecule has 2 saturated heterocycles. The van der Waals surface area contributed by atoms with Crippen LogP contribution in [0.15, 0.2) is 23.2 Å². The SMILES string of the molecule is CCNC(=NCc1ccc(OCC)c(F)c1)NC1CC2CCCC(C1)N2C. The average Bonchev–Trinajstić information content (AvgIpc) is 2.63. The number of hydrogen-bond donors (Lipinski definition) is 2. The molecule has 6 heteroatoms. The summed E-state index contributed by atoms with van der Waals surface area (Å²) in [6.45, 7) is 5.63. The first-order valence-electron chi connectivity index (χ1n) is 10.3. The van der Waals surface area contributed by atoms with Gasteiger partial charge in [0.15, 0.2) is 17.5 Å². The Kier molecular flexibility index (Phi) is 6.94. The molecule has 0 radical (unpaired) electrons. The fourth-order valence-corrected chi connectivity index (χ4v) is 4.33. The number of ether oxygens (including phenoxy) is 1. The third-order valence-corrected chi connectivity index (χ3v) is 5.74. The van der Waals surface area contributed by atoms with Crippen LogP contribution in [0.3, 0.4) is 0 Å². The molecule has 5 nitrogen and oxygen atoms in total. The van der Waals surface area contributed by atoms with Gasteiger partial charge in [0.25, 0.3) is 0 Å². The average molecular weight is 377 g/mol. The second-order valence-corrected chi connectivity index (χ2v) is 7.61. The summed E-state index contributed by atoms with van der Waals surface area (Å²) in [6, 6.07) is 6.88. The number of hydrogen-bond acceptors (Lipinski definition) is 3. The van der Waals surface area contributed by atoms with Gasteiger partial charge in [0.2, 0.25) is 0 Å². The van der Waals surface area contributed by atoms with Crippen LogP contribution < -0.4 is 15.4 Å². The number of halogens is 1. The first-order chi connectivity index (χ1) is 13.1. The molecule has 3 rings (SSSR count). The predicted octanol–water partition coefficient (Wildman–Crippen LogP) is 3.29. The normalized spacial score (nSPS) is 25.9.